The van der Waals surface area contributed by atoms with Crippen LogP contribution in [0.5, 0.6) is 5.88 Å². The number of thioether (sulfide) groups is 1. The van der Waals surface area contributed by atoms with Gasteiger partial charge in [0, 0.05) is 17.5 Å². The molecule has 0 saturated carbocycles. The van der Waals surface area contributed by atoms with E-state index in [-0.39, 0.29) is 6.10 Å². The summed E-state index contributed by atoms with van der Waals surface area (Å²) >= 11 is 1.81. The van der Waals surface area contributed by atoms with Crippen molar-refractivity contribution in [3.05, 3.63) is 23.9 Å². The number of aliphatic hydroxyl groups is 1. The van der Waals surface area contributed by atoms with Crippen LogP contribution in [0.25, 0.3) is 0 Å². The van der Waals surface area contributed by atoms with Crippen molar-refractivity contribution >= 4 is 11.8 Å². The maximum Gasteiger partial charge on any atom is 0.216 e. The van der Waals surface area contributed by atoms with Gasteiger partial charge in [-0.25, -0.2) is 4.98 Å². The van der Waals surface area contributed by atoms with Gasteiger partial charge in [0.15, 0.2) is 0 Å². The molecule has 1 aliphatic heterocycles. The number of rotatable bonds is 3. The molecule has 1 N–H and O–H groups in total. The summed E-state index contributed by atoms with van der Waals surface area (Å²) in [6, 6.07) is 3.92. The topological polar surface area (TPSA) is 42.4 Å². The van der Waals surface area contributed by atoms with Crippen LogP contribution in [0.1, 0.15) is 5.56 Å². The highest BCUT2D eigenvalue weighted by molar-refractivity contribution is 7.99. The minimum absolute atomic E-state index is 0.181. The minimum Gasteiger partial charge on any atom is -0.481 e. The number of methoxy groups -OCH3 is 1. The van der Waals surface area contributed by atoms with Crippen molar-refractivity contribution in [1.82, 2.24) is 4.98 Å². The predicted octanol–water partition coefficient (Wildman–Crippen LogP) is 1.36. The molecule has 0 spiro atoms. The van der Waals surface area contributed by atoms with Crippen LogP contribution in [0.15, 0.2) is 18.3 Å². The van der Waals surface area contributed by atoms with Crippen LogP contribution in [0, 0.1) is 5.92 Å². The van der Waals surface area contributed by atoms with Crippen LogP contribution in [-0.2, 0) is 6.42 Å². The average Bonchev–Trinajstić information content (AvgIpc) is 2.65. The van der Waals surface area contributed by atoms with E-state index in [0.29, 0.717) is 11.8 Å². The molecule has 2 rings (SSSR count). The van der Waals surface area contributed by atoms with Gasteiger partial charge in [-0.05, 0) is 24.2 Å². The van der Waals surface area contributed by atoms with Crippen molar-refractivity contribution in [2.75, 3.05) is 18.6 Å². The van der Waals surface area contributed by atoms with Gasteiger partial charge in [-0.1, -0.05) is 6.07 Å². The third-order valence-electron chi connectivity index (χ3n) is 2.69. The molecule has 0 bridgehead atoms. The molecule has 1 aromatic heterocycles. The summed E-state index contributed by atoms with van der Waals surface area (Å²) in [4.78, 5) is 4.15. The number of hydrogen-bond acceptors (Lipinski definition) is 4. The molecule has 82 valence electrons. The molecule has 15 heavy (non-hydrogen) atoms. The lowest BCUT2D eigenvalue weighted by atomic mass is 9.97. The molecule has 0 aliphatic carbocycles. The van der Waals surface area contributed by atoms with Gasteiger partial charge < -0.3 is 9.84 Å². The highest BCUT2D eigenvalue weighted by Gasteiger charge is 2.26. The van der Waals surface area contributed by atoms with Crippen LogP contribution in [0.2, 0.25) is 0 Å². The fourth-order valence-electron chi connectivity index (χ4n) is 1.83. The first-order chi connectivity index (χ1) is 7.31. The summed E-state index contributed by atoms with van der Waals surface area (Å²) < 4.78 is 5.19. The van der Waals surface area contributed by atoms with E-state index >= 15 is 0 Å². The summed E-state index contributed by atoms with van der Waals surface area (Å²) in [6.45, 7) is 0. The Morgan fingerprint density at radius 1 is 1.60 bits per heavy atom. The number of aliphatic hydroxyl groups excluding tert-OH is 1. The van der Waals surface area contributed by atoms with E-state index in [1.807, 2.05) is 23.9 Å². The Kier molecular flexibility index (Phi) is 3.49. The third-order valence-corrected chi connectivity index (χ3v) is 3.93. The molecule has 0 aromatic carbocycles. The van der Waals surface area contributed by atoms with Crippen molar-refractivity contribution in [3.63, 3.8) is 0 Å². The van der Waals surface area contributed by atoms with E-state index < -0.39 is 0 Å². The molecule has 2 unspecified atom stereocenters. The highest BCUT2D eigenvalue weighted by Crippen LogP contribution is 2.29. The second kappa shape index (κ2) is 4.86. The van der Waals surface area contributed by atoms with Crippen molar-refractivity contribution in [2.45, 2.75) is 12.5 Å². The van der Waals surface area contributed by atoms with Crippen LogP contribution in [0.4, 0.5) is 0 Å². The molecule has 0 amide bonds. The van der Waals surface area contributed by atoms with Crippen LogP contribution >= 0.6 is 11.8 Å². The van der Waals surface area contributed by atoms with Gasteiger partial charge in [0.05, 0.1) is 13.2 Å². The molecule has 0 radical (unpaired) electrons. The molecule has 1 aliphatic rings. The van der Waals surface area contributed by atoms with E-state index in [1.54, 1.807) is 13.3 Å². The molecule has 4 heteroatoms. The summed E-state index contributed by atoms with van der Waals surface area (Å²) in [5.41, 5.74) is 1.09. The summed E-state index contributed by atoms with van der Waals surface area (Å²) in [5, 5.41) is 9.73. The lowest BCUT2D eigenvalue weighted by Crippen LogP contribution is -2.20. The van der Waals surface area contributed by atoms with E-state index in [1.165, 1.54) is 0 Å². The maximum absolute atomic E-state index is 9.73. The van der Waals surface area contributed by atoms with Crippen LogP contribution in [-0.4, -0.2) is 34.8 Å². The first-order valence-corrected chi connectivity index (χ1v) is 6.20. The van der Waals surface area contributed by atoms with Crippen molar-refractivity contribution in [2.24, 2.45) is 5.92 Å². The first kappa shape index (κ1) is 10.8. The zero-order chi connectivity index (χ0) is 10.7. The summed E-state index contributed by atoms with van der Waals surface area (Å²) in [6.07, 6.45) is 2.40. The molecule has 1 saturated heterocycles. The van der Waals surface area contributed by atoms with E-state index in [4.69, 9.17) is 4.74 Å². The van der Waals surface area contributed by atoms with Crippen molar-refractivity contribution in [3.8, 4) is 5.88 Å². The Morgan fingerprint density at radius 3 is 3.13 bits per heavy atom. The van der Waals surface area contributed by atoms with Crippen LogP contribution in [0.3, 0.4) is 0 Å². The molecule has 2 heterocycles. The maximum atomic E-state index is 9.73. The summed E-state index contributed by atoms with van der Waals surface area (Å²) in [7, 11) is 1.63. The Morgan fingerprint density at radius 2 is 2.47 bits per heavy atom. The largest absolute Gasteiger partial charge is 0.481 e. The average molecular weight is 225 g/mol. The molecule has 3 nitrogen and oxygen atoms in total. The van der Waals surface area contributed by atoms with Gasteiger partial charge in [-0.2, -0.15) is 11.8 Å². The molecular formula is C11H15NO2S. The monoisotopic (exact) mass is 225 g/mol. The van der Waals surface area contributed by atoms with Crippen molar-refractivity contribution in [1.29, 1.82) is 0 Å². The molecule has 1 aromatic rings. The zero-order valence-corrected chi connectivity index (χ0v) is 9.54. The Hall–Kier alpha value is -0.740. The summed E-state index contributed by atoms with van der Waals surface area (Å²) in [5.74, 6) is 2.90. The van der Waals surface area contributed by atoms with Gasteiger partial charge in [0.1, 0.15) is 0 Å². The Bertz CT molecular complexity index is 332. The fourth-order valence-corrected chi connectivity index (χ4v) is 3.12. The standard InChI is InChI=1S/C11H15NO2S/c1-14-11-8(3-2-4-12-11)5-9-6-15-7-10(9)13/h2-4,9-10,13H,5-7H2,1H3. The van der Waals surface area contributed by atoms with E-state index in [0.717, 1.165) is 23.5 Å². The minimum atomic E-state index is -0.181. The Labute approximate surface area is 93.9 Å². The van der Waals surface area contributed by atoms with Gasteiger partial charge in [0.25, 0.3) is 0 Å². The predicted molar refractivity (Wildman–Crippen MR) is 61.3 cm³/mol. The zero-order valence-electron chi connectivity index (χ0n) is 8.72. The van der Waals surface area contributed by atoms with Gasteiger partial charge in [0.2, 0.25) is 5.88 Å². The van der Waals surface area contributed by atoms with E-state index in [2.05, 4.69) is 4.98 Å². The molecule has 2 atom stereocenters. The van der Waals surface area contributed by atoms with Gasteiger partial charge >= 0.3 is 0 Å². The van der Waals surface area contributed by atoms with E-state index in [9.17, 15) is 5.11 Å². The lowest BCUT2D eigenvalue weighted by Gasteiger charge is -2.14. The third kappa shape index (κ3) is 2.44. The van der Waals surface area contributed by atoms with Crippen molar-refractivity contribution < 1.29 is 9.84 Å². The normalized spacial score (nSPS) is 25.5. The SMILES string of the molecule is COc1ncccc1CC1CSCC1O. The highest BCUT2D eigenvalue weighted by atomic mass is 32.2. The van der Waals surface area contributed by atoms with Gasteiger partial charge in [-0.15, -0.1) is 0 Å². The smallest absolute Gasteiger partial charge is 0.216 e. The fraction of sp³-hybridized carbons (Fsp3) is 0.545. The number of ether oxygens (including phenoxy) is 1. The number of hydrogen-bond donors (Lipinski definition) is 1. The van der Waals surface area contributed by atoms with Crippen LogP contribution < -0.4 is 4.74 Å². The second-order valence-electron chi connectivity index (χ2n) is 3.74. The number of nitrogens with zero attached hydrogens (tertiary/aromatic N) is 1. The first-order valence-electron chi connectivity index (χ1n) is 5.05. The number of aromatic nitrogens is 1. The lowest BCUT2D eigenvalue weighted by molar-refractivity contribution is 0.149. The van der Waals surface area contributed by atoms with Gasteiger partial charge in [-0.3, -0.25) is 0 Å². The second-order valence-corrected chi connectivity index (χ2v) is 4.82. The quantitative estimate of drug-likeness (QED) is 0.843. The number of pyridine rings is 1. The molecular weight excluding hydrogens is 210 g/mol. The molecule has 1 fully saturated rings. The Balaban J connectivity index is 2.09.